The highest BCUT2D eigenvalue weighted by Gasteiger charge is 2.18. The number of anilines is 1. The Morgan fingerprint density at radius 2 is 2.00 bits per heavy atom. The van der Waals surface area contributed by atoms with Gasteiger partial charge in [0, 0.05) is 31.3 Å². The minimum Gasteiger partial charge on any atom is -0.396 e. The predicted molar refractivity (Wildman–Crippen MR) is 69.2 cm³/mol. The fourth-order valence-electron chi connectivity index (χ4n) is 1.37. The van der Waals surface area contributed by atoms with Gasteiger partial charge < -0.3 is 15.7 Å². The van der Waals surface area contributed by atoms with E-state index in [0.717, 1.165) is 5.69 Å². The van der Waals surface area contributed by atoms with Crippen molar-refractivity contribution in [2.75, 3.05) is 25.5 Å². The molecule has 4 heteroatoms. The summed E-state index contributed by atoms with van der Waals surface area (Å²) in [5.41, 5.74) is 1.11. The molecular formula is C13H20N2O2. The predicted octanol–water partition coefficient (Wildman–Crippen LogP) is 1.48. The summed E-state index contributed by atoms with van der Waals surface area (Å²) >= 11 is 0. The molecule has 0 aromatic heterocycles. The molecule has 17 heavy (non-hydrogen) atoms. The van der Waals surface area contributed by atoms with Gasteiger partial charge in [0.25, 0.3) is 5.91 Å². The largest absolute Gasteiger partial charge is 0.396 e. The Bertz CT molecular complexity index is 389. The standard InChI is InChI=1S/C13H20N2O2/c1-13(2,9-16)8-15-12(17)10-6-4-5-7-11(10)14-3/h4-7,14,16H,8-9H2,1-3H3,(H,15,17). The minimum atomic E-state index is -0.301. The van der Waals surface area contributed by atoms with Crippen LogP contribution in [0, 0.1) is 5.41 Å². The number of nitrogens with one attached hydrogen (secondary N) is 2. The van der Waals surface area contributed by atoms with Gasteiger partial charge in [0.15, 0.2) is 0 Å². The van der Waals surface area contributed by atoms with Gasteiger partial charge >= 0.3 is 0 Å². The topological polar surface area (TPSA) is 61.4 Å². The summed E-state index contributed by atoms with van der Waals surface area (Å²) in [6, 6.07) is 7.33. The zero-order valence-corrected chi connectivity index (χ0v) is 10.6. The zero-order valence-electron chi connectivity index (χ0n) is 10.6. The third-order valence-corrected chi connectivity index (χ3v) is 2.60. The Kier molecular flexibility index (Phi) is 4.52. The number of carbonyl (C=O) groups excluding carboxylic acids is 1. The average molecular weight is 236 g/mol. The molecule has 0 heterocycles. The molecule has 4 nitrogen and oxygen atoms in total. The van der Waals surface area contributed by atoms with Crippen molar-refractivity contribution in [3.63, 3.8) is 0 Å². The van der Waals surface area contributed by atoms with E-state index >= 15 is 0 Å². The summed E-state index contributed by atoms with van der Waals surface area (Å²) in [6.45, 7) is 4.29. The maximum absolute atomic E-state index is 12.0. The lowest BCUT2D eigenvalue weighted by Gasteiger charge is -2.22. The highest BCUT2D eigenvalue weighted by molar-refractivity contribution is 5.99. The Labute approximate surface area is 102 Å². The molecule has 3 N–H and O–H groups in total. The van der Waals surface area contributed by atoms with Crippen LogP contribution in [0.15, 0.2) is 24.3 Å². The number of carbonyl (C=O) groups is 1. The van der Waals surface area contributed by atoms with Crippen molar-refractivity contribution in [2.24, 2.45) is 5.41 Å². The van der Waals surface area contributed by atoms with E-state index in [9.17, 15) is 4.79 Å². The summed E-state index contributed by atoms with van der Waals surface area (Å²) < 4.78 is 0. The molecule has 0 fully saturated rings. The van der Waals surface area contributed by atoms with Crippen LogP contribution in [-0.4, -0.2) is 31.2 Å². The van der Waals surface area contributed by atoms with E-state index in [-0.39, 0.29) is 17.9 Å². The van der Waals surface area contributed by atoms with E-state index in [1.165, 1.54) is 0 Å². The lowest BCUT2D eigenvalue weighted by atomic mass is 9.95. The number of hydrogen-bond donors (Lipinski definition) is 3. The van der Waals surface area contributed by atoms with Gasteiger partial charge in [-0.15, -0.1) is 0 Å². The first-order valence-corrected chi connectivity index (χ1v) is 5.66. The molecule has 0 radical (unpaired) electrons. The Balaban J connectivity index is 2.70. The lowest BCUT2D eigenvalue weighted by molar-refractivity contribution is 0.0912. The molecule has 1 aromatic carbocycles. The van der Waals surface area contributed by atoms with Gasteiger partial charge in [-0.1, -0.05) is 26.0 Å². The molecule has 0 aliphatic rings. The molecule has 0 unspecified atom stereocenters. The first kappa shape index (κ1) is 13.5. The molecule has 1 amide bonds. The van der Waals surface area contributed by atoms with Gasteiger partial charge in [-0.25, -0.2) is 0 Å². The summed E-state index contributed by atoms with van der Waals surface area (Å²) in [5, 5.41) is 14.9. The summed E-state index contributed by atoms with van der Waals surface area (Å²) in [4.78, 5) is 12.0. The van der Waals surface area contributed by atoms with Crippen LogP contribution >= 0.6 is 0 Å². The number of aliphatic hydroxyl groups excluding tert-OH is 1. The van der Waals surface area contributed by atoms with E-state index in [1.54, 1.807) is 13.1 Å². The molecular weight excluding hydrogens is 216 g/mol. The van der Waals surface area contributed by atoms with Gasteiger partial charge in [0.05, 0.1) is 5.56 Å². The fourth-order valence-corrected chi connectivity index (χ4v) is 1.37. The van der Waals surface area contributed by atoms with Crippen molar-refractivity contribution in [3.8, 4) is 0 Å². The molecule has 1 aromatic rings. The summed E-state index contributed by atoms with van der Waals surface area (Å²) in [5.74, 6) is -0.128. The molecule has 0 spiro atoms. The first-order chi connectivity index (χ1) is 8.00. The second-order valence-corrected chi connectivity index (χ2v) is 4.80. The van der Waals surface area contributed by atoms with Gasteiger partial charge in [0.2, 0.25) is 0 Å². The van der Waals surface area contributed by atoms with Crippen LogP contribution in [0.4, 0.5) is 5.69 Å². The van der Waals surface area contributed by atoms with Crippen molar-refractivity contribution < 1.29 is 9.90 Å². The second-order valence-electron chi connectivity index (χ2n) is 4.80. The van der Waals surface area contributed by atoms with Crippen LogP contribution in [0.2, 0.25) is 0 Å². The second kappa shape index (κ2) is 5.68. The first-order valence-electron chi connectivity index (χ1n) is 5.66. The van der Waals surface area contributed by atoms with Crippen molar-refractivity contribution in [3.05, 3.63) is 29.8 Å². The van der Waals surface area contributed by atoms with Crippen molar-refractivity contribution in [2.45, 2.75) is 13.8 Å². The quantitative estimate of drug-likeness (QED) is 0.725. The SMILES string of the molecule is CNc1ccccc1C(=O)NCC(C)(C)CO. The van der Waals surface area contributed by atoms with Crippen molar-refractivity contribution in [1.82, 2.24) is 5.32 Å². The maximum atomic E-state index is 12.0. The third-order valence-electron chi connectivity index (χ3n) is 2.60. The Morgan fingerprint density at radius 1 is 1.35 bits per heavy atom. The molecule has 1 rings (SSSR count). The molecule has 0 atom stereocenters. The molecule has 0 aliphatic carbocycles. The van der Waals surface area contributed by atoms with Gasteiger partial charge in [-0.2, -0.15) is 0 Å². The summed E-state index contributed by atoms with van der Waals surface area (Å²) in [6.07, 6.45) is 0. The number of aliphatic hydroxyl groups is 1. The summed E-state index contributed by atoms with van der Waals surface area (Å²) in [7, 11) is 1.78. The third kappa shape index (κ3) is 3.75. The van der Waals surface area contributed by atoms with E-state index in [2.05, 4.69) is 10.6 Å². The molecule has 0 bridgehead atoms. The molecule has 0 saturated heterocycles. The normalized spacial score (nSPS) is 11.1. The van der Waals surface area contributed by atoms with Crippen LogP contribution in [0.25, 0.3) is 0 Å². The average Bonchev–Trinajstić information content (AvgIpc) is 2.36. The highest BCUT2D eigenvalue weighted by atomic mass is 16.3. The van der Waals surface area contributed by atoms with E-state index in [4.69, 9.17) is 5.11 Å². The van der Waals surface area contributed by atoms with E-state index in [0.29, 0.717) is 12.1 Å². The monoisotopic (exact) mass is 236 g/mol. The number of rotatable bonds is 5. The van der Waals surface area contributed by atoms with Gasteiger partial charge in [0.1, 0.15) is 0 Å². The maximum Gasteiger partial charge on any atom is 0.253 e. The fraction of sp³-hybridized carbons (Fsp3) is 0.462. The number of benzene rings is 1. The van der Waals surface area contributed by atoms with Crippen molar-refractivity contribution >= 4 is 11.6 Å². The lowest BCUT2D eigenvalue weighted by Crippen LogP contribution is -2.36. The molecule has 0 aliphatic heterocycles. The van der Waals surface area contributed by atoms with Crippen LogP contribution < -0.4 is 10.6 Å². The number of amides is 1. The van der Waals surface area contributed by atoms with Crippen LogP contribution in [0.1, 0.15) is 24.2 Å². The number of para-hydroxylation sites is 1. The smallest absolute Gasteiger partial charge is 0.253 e. The van der Waals surface area contributed by atoms with E-state index in [1.807, 2.05) is 32.0 Å². The van der Waals surface area contributed by atoms with Crippen LogP contribution in [0.3, 0.4) is 0 Å². The van der Waals surface area contributed by atoms with E-state index < -0.39 is 0 Å². The van der Waals surface area contributed by atoms with Gasteiger partial charge in [-0.05, 0) is 12.1 Å². The van der Waals surface area contributed by atoms with Crippen LogP contribution in [0.5, 0.6) is 0 Å². The molecule has 0 saturated carbocycles. The Hall–Kier alpha value is -1.55. The highest BCUT2D eigenvalue weighted by Crippen LogP contribution is 2.15. The Morgan fingerprint density at radius 3 is 2.59 bits per heavy atom. The van der Waals surface area contributed by atoms with Crippen molar-refractivity contribution in [1.29, 1.82) is 0 Å². The minimum absolute atomic E-state index is 0.0426. The zero-order chi connectivity index (χ0) is 12.9. The number of hydrogen-bond acceptors (Lipinski definition) is 3. The molecule has 94 valence electrons. The van der Waals surface area contributed by atoms with Gasteiger partial charge in [-0.3, -0.25) is 4.79 Å². The van der Waals surface area contributed by atoms with Crippen LogP contribution in [-0.2, 0) is 0 Å².